The molecule has 4 nitrogen and oxygen atoms in total. The monoisotopic (exact) mass is 339 g/mol. The molecule has 25 heavy (non-hydrogen) atoms. The Kier molecular flexibility index (Phi) is 3.96. The topological polar surface area (TPSA) is 28.0 Å². The van der Waals surface area contributed by atoms with Gasteiger partial charge in [-0.3, -0.25) is 4.79 Å². The Hall–Kier alpha value is -2.40. The number of likely N-dealkylation sites (N-methyl/N-ethyl adjacent to an activating group) is 1. The molecule has 0 atom stereocenters. The van der Waals surface area contributed by atoms with E-state index in [0.29, 0.717) is 11.1 Å². The average Bonchev–Trinajstić information content (AvgIpc) is 2.62. The van der Waals surface area contributed by atoms with Gasteiger partial charge < -0.3 is 14.2 Å². The molecule has 0 radical (unpaired) electrons. The maximum atomic E-state index is 14.8. The first-order chi connectivity index (χ1) is 12.1. The van der Waals surface area contributed by atoms with Crippen molar-refractivity contribution >= 4 is 22.1 Å². The molecule has 3 heterocycles. The lowest BCUT2D eigenvalue weighted by Crippen LogP contribution is -2.44. The first-order valence-corrected chi connectivity index (χ1v) is 8.79. The standard InChI is InChI=1S/C20H22FN3O/c1-3-14-5-4-6-15-11-20(25)16-12-17(21)19(13-18(16)24(14)15)23-9-7-22(2)8-10-23/h4-6,11-13H,3,7-10H2,1-2H3. The highest BCUT2D eigenvalue weighted by atomic mass is 19.1. The second-order valence-corrected chi connectivity index (χ2v) is 6.75. The molecular weight excluding hydrogens is 317 g/mol. The Morgan fingerprint density at radius 1 is 1.08 bits per heavy atom. The molecule has 0 spiro atoms. The van der Waals surface area contributed by atoms with Crippen LogP contribution in [-0.4, -0.2) is 42.5 Å². The molecule has 130 valence electrons. The van der Waals surface area contributed by atoms with E-state index in [4.69, 9.17) is 0 Å². The van der Waals surface area contributed by atoms with Crippen molar-refractivity contribution in [1.82, 2.24) is 9.30 Å². The molecule has 1 aromatic carbocycles. The van der Waals surface area contributed by atoms with Gasteiger partial charge in [0.25, 0.3) is 0 Å². The van der Waals surface area contributed by atoms with Gasteiger partial charge in [0, 0.05) is 48.8 Å². The number of rotatable bonds is 2. The lowest BCUT2D eigenvalue weighted by molar-refractivity contribution is 0.312. The zero-order valence-electron chi connectivity index (χ0n) is 14.6. The number of aromatic nitrogens is 1. The van der Waals surface area contributed by atoms with Crippen LogP contribution in [0.5, 0.6) is 0 Å². The van der Waals surface area contributed by atoms with Crippen LogP contribution in [-0.2, 0) is 6.42 Å². The highest BCUT2D eigenvalue weighted by Crippen LogP contribution is 2.27. The third-order valence-corrected chi connectivity index (χ3v) is 5.16. The van der Waals surface area contributed by atoms with E-state index >= 15 is 0 Å². The Bertz CT molecular complexity index is 1000. The van der Waals surface area contributed by atoms with Gasteiger partial charge in [0.15, 0.2) is 5.43 Å². The normalized spacial score (nSPS) is 16.0. The minimum absolute atomic E-state index is 0.132. The molecule has 0 amide bonds. The van der Waals surface area contributed by atoms with Crippen molar-refractivity contribution in [3.05, 3.63) is 58.1 Å². The van der Waals surface area contributed by atoms with Crippen molar-refractivity contribution in [3.63, 3.8) is 0 Å². The molecule has 2 aromatic heterocycles. The van der Waals surface area contributed by atoms with E-state index in [1.807, 2.05) is 18.2 Å². The fourth-order valence-electron chi connectivity index (χ4n) is 3.69. The number of anilines is 1. The van der Waals surface area contributed by atoms with Gasteiger partial charge in [0.1, 0.15) is 5.82 Å². The summed E-state index contributed by atoms with van der Waals surface area (Å²) in [6.45, 7) is 5.49. The van der Waals surface area contributed by atoms with E-state index in [-0.39, 0.29) is 11.2 Å². The summed E-state index contributed by atoms with van der Waals surface area (Å²) in [5, 5.41) is 0.439. The number of piperazine rings is 1. The van der Waals surface area contributed by atoms with Gasteiger partial charge >= 0.3 is 0 Å². The van der Waals surface area contributed by atoms with Crippen LogP contribution in [0.15, 0.2) is 41.2 Å². The molecule has 1 aliphatic heterocycles. The van der Waals surface area contributed by atoms with Gasteiger partial charge in [-0.25, -0.2) is 4.39 Å². The van der Waals surface area contributed by atoms with E-state index < -0.39 is 0 Å². The third kappa shape index (κ3) is 2.68. The fourth-order valence-corrected chi connectivity index (χ4v) is 3.69. The third-order valence-electron chi connectivity index (χ3n) is 5.16. The van der Waals surface area contributed by atoms with Gasteiger partial charge in [0.2, 0.25) is 0 Å². The summed E-state index contributed by atoms with van der Waals surface area (Å²) in [7, 11) is 2.08. The predicted molar refractivity (Wildman–Crippen MR) is 100 cm³/mol. The molecule has 1 saturated heterocycles. The van der Waals surface area contributed by atoms with Crippen LogP contribution in [0.25, 0.3) is 16.4 Å². The van der Waals surface area contributed by atoms with Crippen molar-refractivity contribution in [2.24, 2.45) is 0 Å². The number of hydrogen-bond acceptors (Lipinski definition) is 3. The first kappa shape index (κ1) is 16.1. The Morgan fingerprint density at radius 3 is 2.56 bits per heavy atom. The van der Waals surface area contributed by atoms with Crippen molar-refractivity contribution in [3.8, 4) is 0 Å². The van der Waals surface area contributed by atoms with Crippen LogP contribution < -0.4 is 10.3 Å². The van der Waals surface area contributed by atoms with Crippen molar-refractivity contribution in [2.75, 3.05) is 38.1 Å². The van der Waals surface area contributed by atoms with Crippen molar-refractivity contribution < 1.29 is 4.39 Å². The fraction of sp³-hybridized carbons (Fsp3) is 0.350. The summed E-state index contributed by atoms with van der Waals surface area (Å²) in [6, 6.07) is 10.8. The molecule has 0 bridgehead atoms. The van der Waals surface area contributed by atoms with Gasteiger partial charge in [0.05, 0.1) is 11.2 Å². The molecule has 5 heteroatoms. The van der Waals surface area contributed by atoms with Gasteiger partial charge in [-0.05, 0) is 37.7 Å². The van der Waals surface area contributed by atoms with E-state index in [1.54, 1.807) is 6.07 Å². The Labute approximate surface area is 146 Å². The van der Waals surface area contributed by atoms with Crippen LogP contribution in [0.3, 0.4) is 0 Å². The molecular formula is C20H22FN3O. The molecule has 0 N–H and O–H groups in total. The summed E-state index contributed by atoms with van der Waals surface area (Å²) >= 11 is 0. The average molecular weight is 339 g/mol. The second kappa shape index (κ2) is 6.15. The predicted octanol–water partition coefficient (Wildman–Crippen LogP) is 2.91. The van der Waals surface area contributed by atoms with Crippen LogP contribution in [0, 0.1) is 5.82 Å². The number of fused-ring (bicyclic) bond motifs is 3. The number of halogens is 1. The second-order valence-electron chi connectivity index (χ2n) is 6.75. The highest BCUT2D eigenvalue weighted by molar-refractivity contribution is 5.86. The van der Waals surface area contributed by atoms with Crippen molar-refractivity contribution in [1.29, 1.82) is 0 Å². The summed E-state index contributed by atoms with van der Waals surface area (Å²) in [4.78, 5) is 16.8. The number of aryl methyl sites for hydroxylation is 1. The minimum atomic E-state index is -0.317. The molecule has 4 rings (SSSR count). The quantitative estimate of drug-likeness (QED) is 0.672. The molecule has 1 fully saturated rings. The Balaban J connectivity index is 1.99. The van der Waals surface area contributed by atoms with E-state index in [2.05, 4.69) is 34.2 Å². The van der Waals surface area contributed by atoms with Gasteiger partial charge in [-0.2, -0.15) is 0 Å². The first-order valence-electron chi connectivity index (χ1n) is 8.79. The minimum Gasteiger partial charge on any atom is -0.367 e. The van der Waals surface area contributed by atoms with Crippen molar-refractivity contribution in [2.45, 2.75) is 13.3 Å². The lowest BCUT2D eigenvalue weighted by Gasteiger charge is -2.34. The maximum absolute atomic E-state index is 14.8. The summed E-state index contributed by atoms with van der Waals surface area (Å²) < 4.78 is 16.8. The Morgan fingerprint density at radius 2 is 1.84 bits per heavy atom. The number of hydrogen-bond donors (Lipinski definition) is 0. The number of benzene rings is 1. The summed E-state index contributed by atoms with van der Waals surface area (Å²) in [6.07, 6.45) is 0.844. The zero-order valence-corrected chi connectivity index (χ0v) is 14.6. The maximum Gasteiger partial charge on any atom is 0.190 e. The summed E-state index contributed by atoms with van der Waals surface area (Å²) in [5.41, 5.74) is 3.21. The van der Waals surface area contributed by atoms with Crippen LogP contribution in [0.1, 0.15) is 12.6 Å². The van der Waals surface area contributed by atoms with Crippen LogP contribution >= 0.6 is 0 Å². The molecule has 3 aromatic rings. The van der Waals surface area contributed by atoms with Gasteiger partial charge in [-0.1, -0.05) is 13.0 Å². The number of pyridine rings is 2. The zero-order chi connectivity index (χ0) is 17.6. The van der Waals surface area contributed by atoms with Crippen LogP contribution in [0.4, 0.5) is 10.1 Å². The van der Waals surface area contributed by atoms with E-state index in [0.717, 1.165) is 49.3 Å². The van der Waals surface area contributed by atoms with E-state index in [1.165, 1.54) is 6.07 Å². The molecule has 0 saturated carbocycles. The SMILES string of the molecule is CCc1cccc2cc(=O)c3cc(F)c(N4CCN(C)CC4)cc3n12. The van der Waals surface area contributed by atoms with E-state index in [9.17, 15) is 9.18 Å². The molecule has 0 unspecified atom stereocenters. The molecule has 0 aliphatic carbocycles. The lowest BCUT2D eigenvalue weighted by atomic mass is 10.1. The van der Waals surface area contributed by atoms with Gasteiger partial charge in [-0.15, -0.1) is 0 Å². The summed E-state index contributed by atoms with van der Waals surface area (Å²) in [5.74, 6) is -0.317. The number of nitrogens with zero attached hydrogens (tertiary/aromatic N) is 3. The smallest absolute Gasteiger partial charge is 0.190 e. The van der Waals surface area contributed by atoms with Crippen LogP contribution in [0.2, 0.25) is 0 Å². The molecule has 1 aliphatic rings. The largest absolute Gasteiger partial charge is 0.367 e. The highest BCUT2D eigenvalue weighted by Gasteiger charge is 2.19.